The van der Waals surface area contributed by atoms with Crippen molar-refractivity contribution in [1.29, 1.82) is 0 Å². The zero-order chi connectivity index (χ0) is 20.6. The van der Waals surface area contributed by atoms with Crippen LogP contribution in [0.2, 0.25) is 0 Å². The second-order valence-electron chi connectivity index (χ2n) is 6.91. The first kappa shape index (κ1) is 19.5. The predicted molar refractivity (Wildman–Crippen MR) is 117 cm³/mol. The van der Waals surface area contributed by atoms with Crippen molar-refractivity contribution in [3.05, 3.63) is 70.9 Å². The number of thiophene rings is 1. The largest absolute Gasteiger partial charge is 0.365 e. The van der Waals surface area contributed by atoms with Crippen molar-refractivity contribution in [1.82, 2.24) is 9.97 Å². The topological polar surface area (TPSA) is 98.0 Å². The molecule has 0 bridgehead atoms. The lowest BCUT2D eigenvalue weighted by molar-refractivity contribution is 0.598. The van der Waals surface area contributed by atoms with Crippen LogP contribution < -0.4 is 10.5 Å². The number of aryl methyl sites for hydroxylation is 2. The van der Waals surface area contributed by atoms with Crippen molar-refractivity contribution in [2.45, 2.75) is 25.3 Å². The summed E-state index contributed by atoms with van der Waals surface area (Å²) in [7, 11) is -3.69. The molecule has 0 aliphatic heterocycles. The van der Waals surface area contributed by atoms with Crippen molar-refractivity contribution in [2.24, 2.45) is 5.14 Å². The molecule has 0 radical (unpaired) electrons. The number of aromatic nitrogens is 2. The number of primary sulfonamides is 1. The van der Waals surface area contributed by atoms with Gasteiger partial charge in [0.2, 0.25) is 10.0 Å². The van der Waals surface area contributed by atoms with Crippen LogP contribution in [0.3, 0.4) is 0 Å². The number of benzene rings is 2. The maximum atomic E-state index is 11.4. The predicted octanol–water partition coefficient (Wildman–Crippen LogP) is 4.23. The summed E-state index contributed by atoms with van der Waals surface area (Å²) in [5.74, 6) is 0.752. The first-order valence-corrected chi connectivity index (χ1v) is 11.4. The molecular formula is C21H20N4O2S2. The Labute approximate surface area is 173 Å². The van der Waals surface area contributed by atoms with Gasteiger partial charge >= 0.3 is 0 Å². The quantitative estimate of drug-likeness (QED) is 0.499. The highest BCUT2D eigenvalue weighted by Crippen LogP contribution is 2.38. The summed E-state index contributed by atoms with van der Waals surface area (Å²) in [5.41, 5.74) is 5.63. The summed E-state index contributed by atoms with van der Waals surface area (Å²) in [5, 5.41) is 11.6. The van der Waals surface area contributed by atoms with Gasteiger partial charge in [0.25, 0.3) is 0 Å². The van der Waals surface area contributed by atoms with Crippen LogP contribution in [0.15, 0.2) is 59.1 Å². The van der Waals surface area contributed by atoms with Gasteiger partial charge < -0.3 is 5.32 Å². The Balaban J connectivity index is 1.67. The number of nitrogens with two attached hydrogens (primary N) is 1. The van der Waals surface area contributed by atoms with Crippen LogP contribution in [0.4, 0.5) is 5.82 Å². The average Bonchev–Trinajstić information content (AvgIpc) is 3.10. The lowest BCUT2D eigenvalue weighted by Crippen LogP contribution is -2.12. The summed E-state index contributed by atoms with van der Waals surface area (Å²) in [6.45, 7) is 4.69. The summed E-state index contributed by atoms with van der Waals surface area (Å²) in [4.78, 5) is 9.89. The number of nitrogens with zero attached hydrogens (tertiary/aromatic N) is 2. The summed E-state index contributed by atoms with van der Waals surface area (Å²) >= 11 is 1.59. The Bertz CT molecular complexity index is 1300. The normalized spacial score (nSPS) is 11.7. The average molecular weight is 425 g/mol. The SMILES string of the molecule is Cc1ccc(-c2csc3ncnc(NCc4ccc(S(N)(=O)=O)cc4)c23)c(C)c1. The molecule has 6 nitrogen and oxygen atoms in total. The van der Waals surface area contributed by atoms with Crippen molar-refractivity contribution >= 4 is 37.4 Å². The molecule has 0 atom stereocenters. The number of hydrogen-bond donors (Lipinski definition) is 2. The molecule has 0 fully saturated rings. The minimum atomic E-state index is -3.69. The molecule has 0 unspecified atom stereocenters. The standard InChI is InChI=1S/C21H20N4O2S2/c1-13-3-8-17(14(2)9-13)18-11-28-21-19(18)20(24-12-25-21)23-10-15-4-6-16(7-5-15)29(22,26)27/h3-9,11-12H,10H2,1-2H3,(H2,22,26,27)(H,23,24,25). The molecule has 0 aliphatic rings. The third-order valence-electron chi connectivity index (χ3n) is 4.75. The van der Waals surface area contributed by atoms with Gasteiger partial charge in [-0.3, -0.25) is 0 Å². The zero-order valence-corrected chi connectivity index (χ0v) is 17.6. The second-order valence-corrected chi connectivity index (χ2v) is 9.33. The van der Waals surface area contributed by atoms with Gasteiger partial charge in [-0.15, -0.1) is 11.3 Å². The summed E-state index contributed by atoms with van der Waals surface area (Å²) < 4.78 is 22.8. The molecule has 3 N–H and O–H groups in total. The van der Waals surface area contributed by atoms with Gasteiger partial charge in [0, 0.05) is 17.5 Å². The fraction of sp³-hybridized carbons (Fsp3) is 0.143. The molecule has 0 aliphatic carbocycles. The Morgan fingerprint density at radius 3 is 2.48 bits per heavy atom. The third-order valence-corrected chi connectivity index (χ3v) is 6.57. The van der Waals surface area contributed by atoms with Crippen LogP contribution in [0, 0.1) is 13.8 Å². The summed E-state index contributed by atoms with van der Waals surface area (Å²) in [6, 6.07) is 12.9. The lowest BCUT2D eigenvalue weighted by Gasteiger charge is -2.10. The van der Waals surface area contributed by atoms with Crippen LogP contribution in [0.1, 0.15) is 16.7 Å². The number of sulfonamides is 1. The van der Waals surface area contributed by atoms with Crippen molar-refractivity contribution in [3.63, 3.8) is 0 Å². The molecule has 0 saturated carbocycles. The van der Waals surface area contributed by atoms with Crippen LogP contribution >= 0.6 is 11.3 Å². The number of hydrogen-bond acceptors (Lipinski definition) is 6. The number of nitrogens with one attached hydrogen (secondary N) is 1. The first-order chi connectivity index (χ1) is 13.8. The minimum absolute atomic E-state index is 0.0978. The van der Waals surface area contributed by atoms with Gasteiger partial charge in [-0.2, -0.15) is 0 Å². The van der Waals surface area contributed by atoms with E-state index in [2.05, 4.69) is 52.7 Å². The number of anilines is 1. The van der Waals surface area contributed by atoms with Gasteiger partial charge in [-0.25, -0.2) is 23.5 Å². The highest BCUT2D eigenvalue weighted by Gasteiger charge is 2.15. The molecule has 8 heteroatoms. The number of fused-ring (bicyclic) bond motifs is 1. The molecule has 0 amide bonds. The van der Waals surface area contributed by atoms with E-state index >= 15 is 0 Å². The van der Waals surface area contributed by atoms with E-state index in [-0.39, 0.29) is 4.90 Å². The van der Waals surface area contributed by atoms with Crippen LogP contribution in [-0.2, 0) is 16.6 Å². The summed E-state index contributed by atoms with van der Waals surface area (Å²) in [6.07, 6.45) is 1.55. The maximum Gasteiger partial charge on any atom is 0.238 e. The molecule has 4 aromatic rings. The van der Waals surface area contributed by atoms with Crippen LogP contribution in [0.5, 0.6) is 0 Å². The van der Waals surface area contributed by atoms with E-state index in [4.69, 9.17) is 5.14 Å². The van der Waals surface area contributed by atoms with E-state index in [0.29, 0.717) is 6.54 Å². The molecule has 4 rings (SSSR count). The van der Waals surface area contributed by atoms with Gasteiger partial charge in [-0.1, -0.05) is 35.9 Å². The molecule has 0 saturated heterocycles. The monoisotopic (exact) mass is 424 g/mol. The molecule has 0 spiro atoms. The highest BCUT2D eigenvalue weighted by atomic mass is 32.2. The third kappa shape index (κ3) is 4.00. The zero-order valence-electron chi connectivity index (χ0n) is 16.0. The van der Waals surface area contributed by atoms with E-state index in [1.165, 1.54) is 23.3 Å². The smallest absolute Gasteiger partial charge is 0.238 e. The van der Waals surface area contributed by atoms with Gasteiger partial charge in [0.05, 0.1) is 10.3 Å². The second kappa shape index (κ2) is 7.55. The van der Waals surface area contributed by atoms with Gasteiger partial charge in [0.1, 0.15) is 17.0 Å². The van der Waals surface area contributed by atoms with E-state index in [1.807, 2.05) is 0 Å². The Morgan fingerprint density at radius 1 is 1.03 bits per heavy atom. The molecular weight excluding hydrogens is 404 g/mol. The Kier molecular flexibility index (Phi) is 5.08. The van der Waals surface area contributed by atoms with Gasteiger partial charge in [-0.05, 0) is 42.7 Å². The van der Waals surface area contributed by atoms with E-state index in [1.54, 1.807) is 29.8 Å². The van der Waals surface area contributed by atoms with E-state index in [0.717, 1.165) is 32.7 Å². The molecule has 148 valence electrons. The fourth-order valence-electron chi connectivity index (χ4n) is 3.31. The first-order valence-electron chi connectivity index (χ1n) is 8.98. The number of rotatable bonds is 5. The Hall–Kier alpha value is -2.81. The van der Waals surface area contributed by atoms with Crippen LogP contribution in [-0.4, -0.2) is 18.4 Å². The molecule has 29 heavy (non-hydrogen) atoms. The minimum Gasteiger partial charge on any atom is -0.365 e. The molecule has 2 aromatic carbocycles. The van der Waals surface area contributed by atoms with Gasteiger partial charge in [0.15, 0.2) is 0 Å². The van der Waals surface area contributed by atoms with Crippen molar-refractivity contribution in [2.75, 3.05) is 5.32 Å². The highest BCUT2D eigenvalue weighted by molar-refractivity contribution is 7.89. The Morgan fingerprint density at radius 2 is 1.79 bits per heavy atom. The van der Waals surface area contributed by atoms with Crippen LogP contribution in [0.25, 0.3) is 21.3 Å². The van der Waals surface area contributed by atoms with Crippen molar-refractivity contribution in [3.8, 4) is 11.1 Å². The molecule has 2 aromatic heterocycles. The van der Waals surface area contributed by atoms with E-state index < -0.39 is 10.0 Å². The van der Waals surface area contributed by atoms with E-state index in [9.17, 15) is 8.42 Å². The molecule has 2 heterocycles. The van der Waals surface area contributed by atoms with Crippen molar-refractivity contribution < 1.29 is 8.42 Å². The maximum absolute atomic E-state index is 11.4. The lowest BCUT2D eigenvalue weighted by atomic mass is 9.99. The fourth-order valence-corrected chi connectivity index (χ4v) is 4.73.